The van der Waals surface area contributed by atoms with Crippen LogP contribution in [0.4, 0.5) is 0 Å². The van der Waals surface area contributed by atoms with E-state index in [0.717, 1.165) is 6.42 Å². The Morgan fingerprint density at radius 3 is 3.00 bits per heavy atom. The molecule has 0 bridgehead atoms. The van der Waals surface area contributed by atoms with Gasteiger partial charge in [-0.05, 0) is 19.8 Å². The van der Waals surface area contributed by atoms with Gasteiger partial charge in [0.05, 0.1) is 6.61 Å². The van der Waals surface area contributed by atoms with E-state index in [4.69, 9.17) is 9.47 Å². The standard InChI is InChI=1S/C9H14O4/c1-2-12-8(10)5-3-7-4-6-9(11)13-7/h7H,2-6H2,1H3. The number of carbonyl (C=O) groups excluding carboxylic acids is 2. The highest BCUT2D eigenvalue weighted by Gasteiger charge is 2.23. The van der Waals surface area contributed by atoms with Gasteiger partial charge in [0.2, 0.25) is 0 Å². The molecule has 4 nitrogen and oxygen atoms in total. The summed E-state index contributed by atoms with van der Waals surface area (Å²) < 4.78 is 9.69. The molecule has 0 aromatic rings. The number of hydrogen-bond donors (Lipinski definition) is 0. The zero-order chi connectivity index (χ0) is 9.68. The molecule has 0 N–H and O–H groups in total. The van der Waals surface area contributed by atoms with Gasteiger partial charge in [0, 0.05) is 12.8 Å². The quantitative estimate of drug-likeness (QED) is 0.615. The number of cyclic esters (lactones) is 1. The molecule has 1 fully saturated rings. The minimum atomic E-state index is -0.217. The van der Waals surface area contributed by atoms with Crippen molar-refractivity contribution in [3.05, 3.63) is 0 Å². The van der Waals surface area contributed by atoms with Gasteiger partial charge in [-0.3, -0.25) is 9.59 Å². The predicted octanol–water partition coefficient (Wildman–Crippen LogP) is 1.04. The van der Waals surface area contributed by atoms with Crippen molar-refractivity contribution in [1.82, 2.24) is 0 Å². The number of carbonyl (C=O) groups is 2. The molecule has 0 spiro atoms. The van der Waals surface area contributed by atoms with Crippen LogP contribution in [-0.2, 0) is 19.1 Å². The van der Waals surface area contributed by atoms with Crippen molar-refractivity contribution < 1.29 is 19.1 Å². The lowest BCUT2D eigenvalue weighted by atomic mass is 10.1. The Balaban J connectivity index is 2.12. The van der Waals surface area contributed by atoms with Gasteiger partial charge < -0.3 is 9.47 Å². The molecule has 1 unspecified atom stereocenters. The van der Waals surface area contributed by atoms with Crippen LogP contribution < -0.4 is 0 Å². The van der Waals surface area contributed by atoms with Gasteiger partial charge >= 0.3 is 11.9 Å². The van der Waals surface area contributed by atoms with Crippen LogP contribution in [0.3, 0.4) is 0 Å². The van der Waals surface area contributed by atoms with Crippen molar-refractivity contribution in [2.24, 2.45) is 0 Å². The van der Waals surface area contributed by atoms with Crippen molar-refractivity contribution in [3.63, 3.8) is 0 Å². The van der Waals surface area contributed by atoms with Crippen LogP contribution in [0.1, 0.15) is 32.6 Å². The van der Waals surface area contributed by atoms with Crippen LogP contribution in [0.15, 0.2) is 0 Å². The molecular formula is C9H14O4. The lowest BCUT2D eigenvalue weighted by Gasteiger charge is -2.07. The summed E-state index contributed by atoms with van der Waals surface area (Å²) in [4.78, 5) is 21.6. The molecule has 1 aliphatic rings. The maximum absolute atomic E-state index is 10.9. The Hall–Kier alpha value is -1.06. The molecule has 74 valence electrons. The van der Waals surface area contributed by atoms with Crippen LogP contribution in [0.25, 0.3) is 0 Å². The predicted molar refractivity (Wildman–Crippen MR) is 45.0 cm³/mol. The average Bonchev–Trinajstić information content (AvgIpc) is 2.49. The molecule has 0 radical (unpaired) electrons. The van der Waals surface area contributed by atoms with E-state index in [2.05, 4.69) is 0 Å². The summed E-state index contributed by atoms with van der Waals surface area (Å²) in [5.41, 5.74) is 0. The first-order valence-corrected chi connectivity index (χ1v) is 4.57. The van der Waals surface area contributed by atoms with Gasteiger partial charge in [-0.2, -0.15) is 0 Å². The highest BCUT2D eigenvalue weighted by Crippen LogP contribution is 2.18. The topological polar surface area (TPSA) is 52.6 Å². The van der Waals surface area contributed by atoms with E-state index >= 15 is 0 Å². The Morgan fingerprint density at radius 1 is 1.69 bits per heavy atom. The first-order chi connectivity index (χ1) is 6.22. The van der Waals surface area contributed by atoms with E-state index in [-0.39, 0.29) is 18.0 Å². The van der Waals surface area contributed by atoms with Crippen LogP contribution in [0.5, 0.6) is 0 Å². The van der Waals surface area contributed by atoms with Crippen molar-refractivity contribution in [1.29, 1.82) is 0 Å². The largest absolute Gasteiger partial charge is 0.466 e. The fourth-order valence-corrected chi connectivity index (χ4v) is 1.30. The highest BCUT2D eigenvalue weighted by molar-refractivity contribution is 5.72. The van der Waals surface area contributed by atoms with Crippen molar-refractivity contribution in [3.8, 4) is 0 Å². The molecule has 1 heterocycles. The van der Waals surface area contributed by atoms with E-state index in [1.807, 2.05) is 0 Å². The van der Waals surface area contributed by atoms with E-state index < -0.39 is 0 Å². The lowest BCUT2D eigenvalue weighted by Crippen LogP contribution is -2.11. The minimum absolute atomic E-state index is 0.0723. The molecule has 0 aromatic carbocycles. The first kappa shape index (κ1) is 10.0. The Morgan fingerprint density at radius 2 is 2.46 bits per heavy atom. The highest BCUT2D eigenvalue weighted by atomic mass is 16.6. The first-order valence-electron chi connectivity index (χ1n) is 4.57. The second-order valence-corrected chi connectivity index (χ2v) is 2.99. The van der Waals surface area contributed by atoms with E-state index in [9.17, 15) is 9.59 Å². The van der Waals surface area contributed by atoms with Crippen LogP contribution in [0, 0.1) is 0 Å². The van der Waals surface area contributed by atoms with E-state index in [1.165, 1.54) is 0 Å². The fourth-order valence-electron chi connectivity index (χ4n) is 1.30. The Labute approximate surface area is 77.2 Å². The third-order valence-corrected chi connectivity index (χ3v) is 1.94. The molecule has 0 saturated carbocycles. The number of ether oxygens (including phenoxy) is 2. The number of esters is 2. The third-order valence-electron chi connectivity index (χ3n) is 1.94. The molecule has 1 atom stereocenters. The molecular weight excluding hydrogens is 172 g/mol. The zero-order valence-electron chi connectivity index (χ0n) is 7.75. The normalized spacial score (nSPS) is 21.3. The SMILES string of the molecule is CCOC(=O)CCC1CCC(=O)O1. The molecule has 0 amide bonds. The molecule has 0 aliphatic carbocycles. The van der Waals surface area contributed by atoms with Crippen LogP contribution in [-0.4, -0.2) is 24.6 Å². The molecule has 1 saturated heterocycles. The summed E-state index contributed by atoms with van der Waals surface area (Å²) in [5, 5.41) is 0. The maximum atomic E-state index is 10.9. The summed E-state index contributed by atoms with van der Waals surface area (Å²) in [6.07, 6.45) is 2.07. The summed E-state index contributed by atoms with van der Waals surface area (Å²) >= 11 is 0. The van der Waals surface area contributed by atoms with Crippen LogP contribution >= 0.6 is 0 Å². The summed E-state index contributed by atoms with van der Waals surface area (Å²) in [6, 6.07) is 0. The second-order valence-electron chi connectivity index (χ2n) is 2.99. The lowest BCUT2D eigenvalue weighted by molar-refractivity contribution is -0.146. The van der Waals surface area contributed by atoms with Gasteiger partial charge in [-0.1, -0.05) is 0 Å². The van der Waals surface area contributed by atoms with E-state index in [0.29, 0.717) is 25.9 Å². The number of rotatable bonds is 4. The van der Waals surface area contributed by atoms with Gasteiger partial charge in [-0.25, -0.2) is 0 Å². The Bertz CT molecular complexity index is 200. The second kappa shape index (κ2) is 4.84. The third kappa shape index (κ3) is 3.44. The van der Waals surface area contributed by atoms with Gasteiger partial charge in [0.1, 0.15) is 6.10 Å². The van der Waals surface area contributed by atoms with E-state index in [1.54, 1.807) is 6.92 Å². The minimum Gasteiger partial charge on any atom is -0.466 e. The van der Waals surface area contributed by atoms with Crippen molar-refractivity contribution in [2.75, 3.05) is 6.61 Å². The van der Waals surface area contributed by atoms with Crippen LogP contribution in [0.2, 0.25) is 0 Å². The summed E-state index contributed by atoms with van der Waals surface area (Å²) in [5.74, 6) is -0.376. The molecule has 0 aromatic heterocycles. The zero-order valence-corrected chi connectivity index (χ0v) is 7.75. The molecule has 13 heavy (non-hydrogen) atoms. The van der Waals surface area contributed by atoms with Crippen molar-refractivity contribution >= 4 is 11.9 Å². The maximum Gasteiger partial charge on any atom is 0.306 e. The average molecular weight is 186 g/mol. The molecule has 1 rings (SSSR count). The smallest absolute Gasteiger partial charge is 0.306 e. The molecule has 4 heteroatoms. The van der Waals surface area contributed by atoms with Gasteiger partial charge in [0.25, 0.3) is 0 Å². The monoisotopic (exact) mass is 186 g/mol. The Kier molecular flexibility index (Phi) is 3.73. The van der Waals surface area contributed by atoms with Crippen molar-refractivity contribution in [2.45, 2.75) is 38.7 Å². The fraction of sp³-hybridized carbons (Fsp3) is 0.778. The summed E-state index contributed by atoms with van der Waals surface area (Å²) in [6.45, 7) is 2.18. The molecule has 1 aliphatic heterocycles. The number of hydrogen-bond acceptors (Lipinski definition) is 4. The summed E-state index contributed by atoms with van der Waals surface area (Å²) in [7, 11) is 0. The van der Waals surface area contributed by atoms with Gasteiger partial charge in [-0.15, -0.1) is 0 Å². The van der Waals surface area contributed by atoms with Gasteiger partial charge in [0.15, 0.2) is 0 Å².